The molecule has 0 spiro atoms. The molecular weight excluding hydrogens is 274 g/mol. The minimum absolute atomic E-state index is 0.0104. The Kier molecular flexibility index (Phi) is 3.79. The molecular formula is C13H13N5O3. The Morgan fingerprint density at radius 3 is 2.67 bits per heavy atom. The van der Waals surface area contributed by atoms with Crippen LogP contribution in [-0.4, -0.2) is 20.7 Å². The number of nitro benzene ring substituents is 1. The van der Waals surface area contributed by atoms with Crippen molar-refractivity contribution in [1.29, 1.82) is 5.41 Å². The minimum Gasteiger partial charge on any atom is -0.424 e. The first-order chi connectivity index (χ1) is 9.86. The molecule has 0 unspecified atom stereocenters. The van der Waals surface area contributed by atoms with Crippen molar-refractivity contribution < 1.29 is 9.66 Å². The number of aryl methyl sites for hydroxylation is 2. The molecule has 0 aliphatic rings. The Bertz CT molecular complexity index is 730. The van der Waals surface area contributed by atoms with E-state index in [2.05, 4.69) is 9.97 Å². The molecule has 1 aromatic carbocycles. The second kappa shape index (κ2) is 5.53. The molecule has 1 aromatic heterocycles. The van der Waals surface area contributed by atoms with Crippen LogP contribution in [0.25, 0.3) is 0 Å². The number of nitrogens with one attached hydrogen (secondary N) is 1. The lowest BCUT2D eigenvalue weighted by Crippen LogP contribution is -2.14. The molecule has 0 amide bonds. The van der Waals surface area contributed by atoms with Crippen LogP contribution in [0.15, 0.2) is 24.3 Å². The highest BCUT2D eigenvalue weighted by Crippen LogP contribution is 2.27. The Balaban J connectivity index is 2.40. The van der Waals surface area contributed by atoms with Crippen LogP contribution in [0.5, 0.6) is 11.8 Å². The van der Waals surface area contributed by atoms with E-state index in [1.54, 1.807) is 26.0 Å². The fourth-order valence-electron chi connectivity index (χ4n) is 1.64. The summed E-state index contributed by atoms with van der Waals surface area (Å²) >= 11 is 0. The summed E-state index contributed by atoms with van der Waals surface area (Å²) in [6, 6.07) is 5.81. The highest BCUT2D eigenvalue weighted by atomic mass is 16.6. The molecule has 0 radical (unpaired) electrons. The number of amidine groups is 1. The SMILES string of the molecule is Cc1cc(C(=N)N)nc(Oc2cc([N+](=O)[O-])ccc2C)n1. The zero-order chi connectivity index (χ0) is 15.6. The van der Waals surface area contributed by atoms with E-state index in [0.29, 0.717) is 11.3 Å². The van der Waals surface area contributed by atoms with Gasteiger partial charge in [0.05, 0.1) is 11.0 Å². The quantitative estimate of drug-likeness (QED) is 0.383. The molecule has 0 atom stereocenters. The average molecular weight is 287 g/mol. The topological polar surface area (TPSA) is 128 Å². The third kappa shape index (κ3) is 3.30. The normalized spacial score (nSPS) is 10.2. The number of aromatic nitrogens is 2. The van der Waals surface area contributed by atoms with Gasteiger partial charge in [-0.1, -0.05) is 0 Å². The zero-order valence-electron chi connectivity index (χ0n) is 11.5. The van der Waals surface area contributed by atoms with E-state index >= 15 is 0 Å². The highest BCUT2D eigenvalue weighted by Gasteiger charge is 2.13. The van der Waals surface area contributed by atoms with Crippen molar-refractivity contribution in [3.63, 3.8) is 0 Å². The monoisotopic (exact) mass is 287 g/mol. The number of non-ortho nitro benzene ring substituents is 1. The van der Waals surface area contributed by atoms with Crippen molar-refractivity contribution in [3.05, 3.63) is 51.3 Å². The van der Waals surface area contributed by atoms with Crippen LogP contribution >= 0.6 is 0 Å². The van der Waals surface area contributed by atoms with E-state index in [1.807, 2.05) is 0 Å². The summed E-state index contributed by atoms with van der Waals surface area (Å²) < 4.78 is 5.49. The van der Waals surface area contributed by atoms with Gasteiger partial charge in [-0.2, -0.15) is 4.98 Å². The van der Waals surface area contributed by atoms with Gasteiger partial charge in [0, 0.05) is 11.8 Å². The van der Waals surface area contributed by atoms with Crippen molar-refractivity contribution in [2.24, 2.45) is 5.73 Å². The highest BCUT2D eigenvalue weighted by molar-refractivity contribution is 5.93. The Morgan fingerprint density at radius 1 is 1.33 bits per heavy atom. The molecule has 0 aliphatic carbocycles. The van der Waals surface area contributed by atoms with Gasteiger partial charge in [-0.15, -0.1) is 0 Å². The molecule has 8 heteroatoms. The van der Waals surface area contributed by atoms with Crippen LogP contribution in [0.1, 0.15) is 17.0 Å². The van der Waals surface area contributed by atoms with Gasteiger partial charge in [0.25, 0.3) is 5.69 Å². The Hall–Kier alpha value is -3.03. The summed E-state index contributed by atoms with van der Waals surface area (Å²) in [4.78, 5) is 18.3. The number of ether oxygens (including phenoxy) is 1. The standard InChI is InChI=1S/C13H13N5O3/c1-7-3-4-9(18(19)20)6-11(7)21-13-16-8(2)5-10(17-13)12(14)15/h3-6H,1-2H3,(H3,14,15). The van der Waals surface area contributed by atoms with Gasteiger partial charge in [0.15, 0.2) is 0 Å². The van der Waals surface area contributed by atoms with Crippen LogP contribution in [0.3, 0.4) is 0 Å². The summed E-state index contributed by atoms with van der Waals surface area (Å²) in [5.41, 5.74) is 6.82. The lowest BCUT2D eigenvalue weighted by molar-refractivity contribution is -0.384. The first kappa shape index (κ1) is 14.4. The van der Waals surface area contributed by atoms with Gasteiger partial charge in [-0.25, -0.2) is 4.98 Å². The molecule has 0 saturated heterocycles. The van der Waals surface area contributed by atoms with Crippen molar-refractivity contribution in [2.75, 3.05) is 0 Å². The molecule has 0 saturated carbocycles. The van der Waals surface area contributed by atoms with E-state index in [-0.39, 0.29) is 29.0 Å². The van der Waals surface area contributed by atoms with Crippen molar-refractivity contribution in [1.82, 2.24) is 9.97 Å². The smallest absolute Gasteiger partial charge is 0.322 e. The molecule has 3 N–H and O–H groups in total. The number of nitro groups is 1. The summed E-state index contributed by atoms with van der Waals surface area (Å²) in [5.74, 6) is 0.0745. The number of benzene rings is 1. The fourth-order valence-corrected chi connectivity index (χ4v) is 1.64. The van der Waals surface area contributed by atoms with Gasteiger partial charge in [-0.3, -0.25) is 15.5 Å². The molecule has 108 valence electrons. The van der Waals surface area contributed by atoms with Crippen LogP contribution in [0, 0.1) is 29.4 Å². The fraction of sp³-hybridized carbons (Fsp3) is 0.154. The van der Waals surface area contributed by atoms with Crippen LogP contribution < -0.4 is 10.5 Å². The summed E-state index contributed by atoms with van der Waals surface area (Å²) in [5, 5.41) is 18.2. The number of hydrogen-bond acceptors (Lipinski definition) is 6. The molecule has 1 heterocycles. The van der Waals surface area contributed by atoms with E-state index in [0.717, 1.165) is 0 Å². The third-order valence-electron chi connectivity index (χ3n) is 2.69. The lowest BCUT2D eigenvalue weighted by Gasteiger charge is -2.08. The number of nitrogens with zero attached hydrogens (tertiary/aromatic N) is 3. The predicted octanol–water partition coefficient (Wildman–Crippen LogP) is 2.08. The number of nitrogen functional groups attached to an aromatic ring is 1. The molecule has 0 fully saturated rings. The van der Waals surface area contributed by atoms with Crippen molar-refractivity contribution in [2.45, 2.75) is 13.8 Å². The van der Waals surface area contributed by atoms with Crippen LogP contribution in [0.2, 0.25) is 0 Å². The molecule has 8 nitrogen and oxygen atoms in total. The minimum atomic E-state index is -0.510. The van der Waals surface area contributed by atoms with Gasteiger partial charge < -0.3 is 10.5 Å². The maximum absolute atomic E-state index is 10.8. The second-order valence-corrected chi connectivity index (χ2v) is 4.40. The largest absolute Gasteiger partial charge is 0.424 e. The third-order valence-corrected chi connectivity index (χ3v) is 2.69. The maximum Gasteiger partial charge on any atom is 0.322 e. The van der Waals surface area contributed by atoms with Crippen molar-refractivity contribution >= 4 is 11.5 Å². The van der Waals surface area contributed by atoms with Crippen molar-refractivity contribution in [3.8, 4) is 11.8 Å². The van der Waals surface area contributed by atoms with Crippen LogP contribution in [0.4, 0.5) is 5.69 Å². The molecule has 2 aromatic rings. The average Bonchev–Trinajstić information content (AvgIpc) is 2.40. The Labute approximate surface area is 120 Å². The lowest BCUT2D eigenvalue weighted by atomic mass is 10.2. The first-order valence-electron chi connectivity index (χ1n) is 6.00. The summed E-state index contributed by atoms with van der Waals surface area (Å²) in [6.45, 7) is 3.46. The van der Waals surface area contributed by atoms with Gasteiger partial charge >= 0.3 is 6.01 Å². The zero-order valence-corrected chi connectivity index (χ0v) is 11.5. The molecule has 0 aliphatic heterocycles. The predicted molar refractivity (Wildman–Crippen MR) is 75.7 cm³/mol. The second-order valence-electron chi connectivity index (χ2n) is 4.40. The van der Waals surface area contributed by atoms with E-state index in [1.165, 1.54) is 12.1 Å². The van der Waals surface area contributed by atoms with E-state index < -0.39 is 4.92 Å². The Morgan fingerprint density at radius 2 is 2.05 bits per heavy atom. The molecule has 21 heavy (non-hydrogen) atoms. The summed E-state index contributed by atoms with van der Waals surface area (Å²) in [7, 11) is 0. The number of nitrogens with two attached hydrogens (primary N) is 1. The van der Waals surface area contributed by atoms with Gasteiger partial charge in [-0.05, 0) is 31.5 Å². The maximum atomic E-state index is 10.8. The molecule has 0 bridgehead atoms. The van der Waals surface area contributed by atoms with Gasteiger partial charge in [0.1, 0.15) is 17.3 Å². The number of rotatable bonds is 4. The summed E-state index contributed by atoms with van der Waals surface area (Å²) in [6.07, 6.45) is 0. The molecule has 2 rings (SSSR count). The van der Waals surface area contributed by atoms with E-state index in [4.69, 9.17) is 15.9 Å². The number of hydrogen-bond donors (Lipinski definition) is 2. The van der Waals surface area contributed by atoms with Gasteiger partial charge in [0.2, 0.25) is 0 Å². The first-order valence-corrected chi connectivity index (χ1v) is 6.00. The van der Waals surface area contributed by atoms with E-state index in [9.17, 15) is 10.1 Å². The van der Waals surface area contributed by atoms with Crippen LogP contribution in [-0.2, 0) is 0 Å².